The summed E-state index contributed by atoms with van der Waals surface area (Å²) in [6.07, 6.45) is -3.79. The second-order valence-electron chi connectivity index (χ2n) is 6.86. The van der Waals surface area contributed by atoms with Gasteiger partial charge in [0.05, 0.1) is 11.8 Å². The number of hydrogen-bond acceptors (Lipinski definition) is 3. The van der Waals surface area contributed by atoms with Crippen LogP contribution in [-0.4, -0.2) is 64.5 Å². The van der Waals surface area contributed by atoms with Crippen molar-refractivity contribution in [1.82, 2.24) is 9.80 Å². The lowest BCUT2D eigenvalue weighted by molar-refractivity contribution is -0.188. The number of rotatable bonds is 3. The zero-order chi connectivity index (χ0) is 19.8. The van der Waals surface area contributed by atoms with Gasteiger partial charge in [0.15, 0.2) is 0 Å². The van der Waals surface area contributed by atoms with Crippen LogP contribution in [0.4, 0.5) is 13.2 Å². The highest BCUT2D eigenvalue weighted by Crippen LogP contribution is 2.38. The first-order chi connectivity index (χ1) is 12.7. The van der Waals surface area contributed by atoms with Crippen LogP contribution in [0.15, 0.2) is 30.3 Å². The van der Waals surface area contributed by atoms with Crippen molar-refractivity contribution in [3.8, 4) is 0 Å². The molecule has 0 radical (unpaired) electrons. The van der Waals surface area contributed by atoms with Crippen molar-refractivity contribution in [1.29, 1.82) is 0 Å². The van der Waals surface area contributed by atoms with Gasteiger partial charge in [0.2, 0.25) is 5.91 Å². The molecular formula is C18H19F3N2O4. The number of carboxylic acid groups (broad SMARTS) is 1. The molecule has 3 atom stereocenters. The Balaban J connectivity index is 1.77. The minimum atomic E-state index is -4.70. The third kappa shape index (κ3) is 3.77. The van der Waals surface area contributed by atoms with Crippen molar-refractivity contribution in [2.45, 2.75) is 25.1 Å². The number of nitrogens with zero attached hydrogens (tertiary/aromatic N) is 2. The summed E-state index contributed by atoms with van der Waals surface area (Å²) in [7, 11) is 0. The highest BCUT2D eigenvalue weighted by Gasteiger charge is 2.54. The maximum atomic E-state index is 13.1. The molecule has 1 N–H and O–H groups in total. The van der Waals surface area contributed by atoms with Crippen LogP contribution in [0.2, 0.25) is 0 Å². The van der Waals surface area contributed by atoms with Crippen LogP contribution < -0.4 is 0 Å². The van der Waals surface area contributed by atoms with Gasteiger partial charge >= 0.3 is 12.1 Å². The lowest BCUT2D eigenvalue weighted by Gasteiger charge is -2.28. The van der Waals surface area contributed by atoms with Crippen molar-refractivity contribution in [2.75, 3.05) is 19.6 Å². The van der Waals surface area contributed by atoms with E-state index >= 15 is 0 Å². The molecule has 1 aromatic rings. The first kappa shape index (κ1) is 19.2. The molecule has 1 aromatic carbocycles. The van der Waals surface area contributed by atoms with Crippen LogP contribution in [0.3, 0.4) is 0 Å². The fourth-order valence-electron chi connectivity index (χ4n) is 3.79. The van der Waals surface area contributed by atoms with Crippen molar-refractivity contribution in [2.24, 2.45) is 11.8 Å². The second-order valence-corrected chi connectivity index (χ2v) is 6.86. The number of carboxylic acids is 1. The first-order valence-corrected chi connectivity index (χ1v) is 8.64. The molecule has 1 unspecified atom stereocenters. The van der Waals surface area contributed by atoms with Gasteiger partial charge in [-0.25, -0.2) is 0 Å². The highest BCUT2D eigenvalue weighted by molar-refractivity contribution is 5.98. The standard InChI is InChI=1S/C18H19F3N2O4/c19-18(20,21)13-10-22(9-12(13)17(26)27)16(25)14-7-4-8-23(14)15(24)11-5-2-1-3-6-11/h1-3,5-6,12-14H,4,7-10H2,(H,26,27)/t12-,13-,14?/m1/s1. The molecule has 146 valence electrons. The topological polar surface area (TPSA) is 77.9 Å². The molecule has 27 heavy (non-hydrogen) atoms. The van der Waals surface area contributed by atoms with Gasteiger partial charge in [0.25, 0.3) is 5.91 Å². The van der Waals surface area contributed by atoms with E-state index < -0.39 is 49.0 Å². The molecule has 2 saturated heterocycles. The van der Waals surface area contributed by atoms with E-state index in [9.17, 15) is 27.6 Å². The van der Waals surface area contributed by atoms with Crippen LogP contribution in [0.1, 0.15) is 23.2 Å². The molecule has 3 rings (SSSR count). The quantitative estimate of drug-likeness (QED) is 0.865. The smallest absolute Gasteiger partial charge is 0.394 e. The van der Waals surface area contributed by atoms with Crippen molar-refractivity contribution in [3.05, 3.63) is 35.9 Å². The van der Waals surface area contributed by atoms with Crippen molar-refractivity contribution >= 4 is 17.8 Å². The summed E-state index contributed by atoms with van der Waals surface area (Å²) in [5.74, 6) is -6.33. The van der Waals surface area contributed by atoms with E-state index in [2.05, 4.69) is 0 Å². The van der Waals surface area contributed by atoms with E-state index in [1.54, 1.807) is 30.3 Å². The number of carbonyl (C=O) groups is 3. The summed E-state index contributed by atoms with van der Waals surface area (Å²) in [6.45, 7) is -0.853. The number of halogens is 3. The number of aliphatic carboxylic acids is 1. The number of benzene rings is 1. The Kier molecular flexibility index (Phi) is 5.12. The van der Waals surface area contributed by atoms with Gasteiger partial charge in [-0.05, 0) is 25.0 Å². The van der Waals surface area contributed by atoms with Crippen LogP contribution in [-0.2, 0) is 9.59 Å². The Morgan fingerprint density at radius 2 is 1.74 bits per heavy atom. The maximum absolute atomic E-state index is 13.1. The second kappa shape index (κ2) is 7.21. The number of amides is 2. The van der Waals surface area contributed by atoms with E-state index in [0.717, 1.165) is 4.90 Å². The summed E-state index contributed by atoms with van der Waals surface area (Å²) >= 11 is 0. The van der Waals surface area contributed by atoms with Crippen LogP contribution in [0, 0.1) is 11.8 Å². The molecule has 0 saturated carbocycles. The number of carbonyl (C=O) groups excluding carboxylic acids is 2. The average Bonchev–Trinajstić information content (AvgIpc) is 3.28. The minimum absolute atomic E-state index is 0.336. The summed E-state index contributed by atoms with van der Waals surface area (Å²) in [5.41, 5.74) is 0.398. The molecule has 2 fully saturated rings. The molecule has 0 aromatic heterocycles. The lowest BCUT2D eigenvalue weighted by atomic mass is 9.96. The number of likely N-dealkylation sites (tertiary alicyclic amines) is 2. The van der Waals surface area contributed by atoms with Gasteiger partial charge in [-0.3, -0.25) is 14.4 Å². The van der Waals surface area contributed by atoms with Crippen molar-refractivity contribution in [3.63, 3.8) is 0 Å². The zero-order valence-electron chi connectivity index (χ0n) is 14.4. The Morgan fingerprint density at radius 3 is 2.30 bits per heavy atom. The number of hydrogen-bond donors (Lipinski definition) is 1. The summed E-state index contributed by atoms with van der Waals surface area (Å²) in [5, 5.41) is 9.10. The number of alkyl halides is 3. The summed E-state index contributed by atoms with van der Waals surface area (Å²) in [4.78, 5) is 39.0. The van der Waals surface area contributed by atoms with Gasteiger partial charge in [0, 0.05) is 25.2 Å². The van der Waals surface area contributed by atoms with Gasteiger partial charge < -0.3 is 14.9 Å². The lowest BCUT2D eigenvalue weighted by Crippen LogP contribution is -2.47. The van der Waals surface area contributed by atoms with E-state index in [1.165, 1.54) is 4.90 Å². The van der Waals surface area contributed by atoms with Gasteiger partial charge in [-0.2, -0.15) is 13.2 Å². The molecular weight excluding hydrogens is 365 g/mol. The Labute approximate surface area is 153 Å². The zero-order valence-corrected chi connectivity index (χ0v) is 14.4. The monoisotopic (exact) mass is 384 g/mol. The molecule has 2 amide bonds. The molecule has 9 heteroatoms. The predicted octanol–water partition coefficient (Wildman–Crippen LogP) is 2.01. The molecule has 0 spiro atoms. The third-order valence-electron chi connectivity index (χ3n) is 5.19. The third-order valence-corrected chi connectivity index (χ3v) is 5.19. The minimum Gasteiger partial charge on any atom is -0.481 e. The molecule has 0 aliphatic carbocycles. The SMILES string of the molecule is O=C(O)[C@@H]1CN(C(=O)C2CCCN2C(=O)c2ccccc2)C[C@H]1C(F)(F)F. The Hall–Kier alpha value is -2.58. The van der Waals surface area contributed by atoms with Crippen LogP contribution >= 0.6 is 0 Å². The maximum Gasteiger partial charge on any atom is 0.394 e. The van der Waals surface area contributed by atoms with Gasteiger partial charge in [-0.15, -0.1) is 0 Å². The predicted molar refractivity (Wildman–Crippen MR) is 87.8 cm³/mol. The van der Waals surface area contributed by atoms with E-state index in [0.29, 0.717) is 24.9 Å². The Bertz CT molecular complexity index is 738. The van der Waals surface area contributed by atoms with E-state index in [4.69, 9.17) is 5.11 Å². The van der Waals surface area contributed by atoms with E-state index in [-0.39, 0.29) is 5.91 Å². The summed E-state index contributed by atoms with van der Waals surface area (Å²) in [6, 6.07) is 7.48. The first-order valence-electron chi connectivity index (χ1n) is 8.64. The van der Waals surface area contributed by atoms with Crippen LogP contribution in [0.5, 0.6) is 0 Å². The molecule has 6 nitrogen and oxygen atoms in total. The van der Waals surface area contributed by atoms with Crippen molar-refractivity contribution < 1.29 is 32.7 Å². The molecule has 0 bridgehead atoms. The largest absolute Gasteiger partial charge is 0.481 e. The van der Waals surface area contributed by atoms with E-state index in [1.807, 2.05) is 0 Å². The summed E-state index contributed by atoms with van der Waals surface area (Å²) < 4.78 is 39.4. The van der Waals surface area contributed by atoms with Gasteiger partial charge in [0.1, 0.15) is 6.04 Å². The molecule has 2 aliphatic rings. The highest BCUT2D eigenvalue weighted by atomic mass is 19.4. The average molecular weight is 384 g/mol. The molecule has 2 heterocycles. The fourth-order valence-corrected chi connectivity index (χ4v) is 3.79. The van der Waals surface area contributed by atoms with Crippen LogP contribution in [0.25, 0.3) is 0 Å². The Morgan fingerprint density at radius 1 is 1.07 bits per heavy atom. The fraction of sp³-hybridized carbons (Fsp3) is 0.500. The van der Waals surface area contributed by atoms with Gasteiger partial charge in [-0.1, -0.05) is 18.2 Å². The molecule has 2 aliphatic heterocycles. The normalized spacial score (nSPS) is 25.7.